The number of benzene rings is 1. The van der Waals surface area contributed by atoms with E-state index in [2.05, 4.69) is 0 Å². The summed E-state index contributed by atoms with van der Waals surface area (Å²) in [4.78, 5) is 9.84. The summed E-state index contributed by atoms with van der Waals surface area (Å²) in [6.45, 7) is 2.95. The van der Waals surface area contributed by atoms with Crippen LogP contribution in [0.4, 0.5) is 5.69 Å². The average molecular weight is 259 g/mol. The first-order valence-electron chi connectivity index (χ1n) is 4.87. The zero-order valence-corrected chi connectivity index (χ0v) is 10.5. The summed E-state index contributed by atoms with van der Waals surface area (Å²) in [6, 6.07) is 3.70. The molecule has 0 spiro atoms. The van der Waals surface area contributed by atoms with Crippen molar-refractivity contribution in [1.29, 1.82) is 0 Å². The number of methoxy groups -OCH3 is 1. The van der Waals surface area contributed by atoms with Crippen molar-refractivity contribution in [2.24, 2.45) is 0 Å². The van der Waals surface area contributed by atoms with Crippen LogP contribution in [0.3, 0.4) is 0 Å². The first-order valence-corrected chi connectivity index (χ1v) is 6.41. The molecule has 7 heteroatoms. The zero-order chi connectivity index (χ0) is 13.2. The quantitative estimate of drug-likeness (QED) is 0.607. The summed E-state index contributed by atoms with van der Waals surface area (Å²) >= 11 is 0. The number of nitro benzene ring substituents is 1. The van der Waals surface area contributed by atoms with Gasteiger partial charge in [-0.15, -0.1) is 0 Å². The highest BCUT2D eigenvalue weighted by atomic mass is 32.2. The van der Waals surface area contributed by atoms with Crippen LogP contribution in [0, 0.1) is 10.1 Å². The third-order valence-electron chi connectivity index (χ3n) is 2.29. The minimum absolute atomic E-state index is 0.249. The van der Waals surface area contributed by atoms with E-state index in [1.807, 2.05) is 0 Å². The molecular weight excluding hydrogens is 246 g/mol. The van der Waals surface area contributed by atoms with Gasteiger partial charge < -0.3 is 4.74 Å². The molecule has 0 heterocycles. The zero-order valence-electron chi connectivity index (χ0n) is 9.71. The second-order valence-electron chi connectivity index (χ2n) is 3.68. The number of sulfone groups is 1. The van der Waals surface area contributed by atoms with Gasteiger partial charge in [0.15, 0.2) is 9.84 Å². The Morgan fingerprint density at radius 2 is 1.94 bits per heavy atom. The van der Waals surface area contributed by atoms with Crippen molar-refractivity contribution >= 4 is 15.5 Å². The molecule has 0 aliphatic carbocycles. The van der Waals surface area contributed by atoms with Crippen LogP contribution < -0.4 is 4.74 Å². The summed E-state index contributed by atoms with van der Waals surface area (Å²) in [5.74, 6) is 0.249. The van der Waals surface area contributed by atoms with Gasteiger partial charge in [-0.1, -0.05) is 0 Å². The van der Waals surface area contributed by atoms with Crippen LogP contribution in [0.15, 0.2) is 23.1 Å². The molecule has 0 N–H and O–H groups in total. The second kappa shape index (κ2) is 4.70. The fraction of sp³-hybridized carbons (Fsp3) is 0.400. The normalized spacial score (nSPS) is 11.5. The van der Waals surface area contributed by atoms with Crippen molar-refractivity contribution in [2.45, 2.75) is 24.0 Å². The molecule has 94 valence electrons. The summed E-state index contributed by atoms with van der Waals surface area (Å²) < 4.78 is 28.7. The van der Waals surface area contributed by atoms with E-state index in [4.69, 9.17) is 4.74 Å². The van der Waals surface area contributed by atoms with Gasteiger partial charge in [0, 0.05) is 0 Å². The maximum Gasteiger partial charge on any atom is 0.291 e. The summed E-state index contributed by atoms with van der Waals surface area (Å²) in [5, 5.41) is 10.1. The second-order valence-corrected chi connectivity index (χ2v) is 6.16. The monoisotopic (exact) mass is 259 g/mol. The van der Waals surface area contributed by atoms with Crippen molar-refractivity contribution in [3.63, 3.8) is 0 Å². The highest BCUT2D eigenvalue weighted by Crippen LogP contribution is 2.30. The third kappa shape index (κ3) is 2.55. The van der Waals surface area contributed by atoms with Crippen LogP contribution in [-0.2, 0) is 9.84 Å². The Morgan fingerprint density at radius 1 is 1.35 bits per heavy atom. The van der Waals surface area contributed by atoms with Gasteiger partial charge in [-0.25, -0.2) is 8.42 Å². The summed E-state index contributed by atoms with van der Waals surface area (Å²) in [7, 11) is -2.32. The predicted molar refractivity (Wildman–Crippen MR) is 62.0 cm³/mol. The van der Waals surface area contributed by atoms with Gasteiger partial charge in [0.1, 0.15) is 10.6 Å². The van der Waals surface area contributed by atoms with Gasteiger partial charge >= 0.3 is 0 Å². The molecule has 0 aliphatic heterocycles. The smallest absolute Gasteiger partial charge is 0.291 e. The average Bonchev–Trinajstić information content (AvgIpc) is 2.27. The lowest BCUT2D eigenvalue weighted by Gasteiger charge is -2.09. The molecule has 0 atom stereocenters. The SMILES string of the molecule is COc1ccc(S(=O)(=O)C(C)C)c([N+](=O)[O-])c1. The molecular formula is C10H13NO5S. The Morgan fingerprint density at radius 3 is 2.35 bits per heavy atom. The highest BCUT2D eigenvalue weighted by Gasteiger charge is 2.28. The van der Waals surface area contributed by atoms with Crippen LogP contribution in [0.5, 0.6) is 5.75 Å². The van der Waals surface area contributed by atoms with E-state index in [9.17, 15) is 18.5 Å². The molecule has 0 saturated carbocycles. The van der Waals surface area contributed by atoms with Crippen LogP contribution >= 0.6 is 0 Å². The topological polar surface area (TPSA) is 86.5 Å². The van der Waals surface area contributed by atoms with Crippen molar-refractivity contribution in [3.05, 3.63) is 28.3 Å². The molecule has 1 aromatic rings. The number of rotatable bonds is 4. The van der Waals surface area contributed by atoms with Crippen molar-refractivity contribution in [2.75, 3.05) is 7.11 Å². The summed E-state index contributed by atoms with van der Waals surface area (Å²) in [6.07, 6.45) is 0. The maximum absolute atomic E-state index is 11.9. The third-order valence-corrected chi connectivity index (χ3v) is 4.49. The van der Waals surface area contributed by atoms with Gasteiger partial charge in [0.25, 0.3) is 5.69 Å². The fourth-order valence-electron chi connectivity index (χ4n) is 1.26. The predicted octanol–water partition coefficient (Wildman–Crippen LogP) is 1.79. The number of hydrogen-bond donors (Lipinski definition) is 0. The highest BCUT2D eigenvalue weighted by molar-refractivity contribution is 7.92. The number of hydrogen-bond acceptors (Lipinski definition) is 5. The van der Waals surface area contributed by atoms with Crippen molar-refractivity contribution < 1.29 is 18.1 Å². The standard InChI is InChI=1S/C10H13NO5S/c1-7(2)17(14,15)10-5-4-8(16-3)6-9(10)11(12)13/h4-7H,1-3H3. The lowest BCUT2D eigenvalue weighted by Crippen LogP contribution is -2.15. The molecule has 0 fully saturated rings. The number of ether oxygens (including phenoxy) is 1. The Kier molecular flexibility index (Phi) is 3.72. The molecule has 0 amide bonds. The first-order chi connectivity index (χ1) is 7.80. The van der Waals surface area contributed by atoms with Gasteiger partial charge in [-0.2, -0.15) is 0 Å². The fourth-order valence-corrected chi connectivity index (χ4v) is 2.45. The Labute approximate surface area is 99.3 Å². The van der Waals surface area contributed by atoms with Crippen molar-refractivity contribution in [3.8, 4) is 5.75 Å². The Bertz CT molecular complexity index is 536. The van der Waals surface area contributed by atoms with E-state index < -0.39 is 25.7 Å². The Hall–Kier alpha value is -1.63. The lowest BCUT2D eigenvalue weighted by atomic mass is 10.3. The van der Waals surface area contributed by atoms with E-state index in [0.29, 0.717) is 0 Å². The molecule has 0 saturated heterocycles. The molecule has 0 unspecified atom stereocenters. The molecule has 0 aromatic heterocycles. The van der Waals surface area contributed by atoms with Gasteiger partial charge in [0.2, 0.25) is 0 Å². The van der Waals surface area contributed by atoms with Crippen LogP contribution in [0.25, 0.3) is 0 Å². The lowest BCUT2D eigenvalue weighted by molar-refractivity contribution is -0.387. The molecule has 6 nitrogen and oxygen atoms in total. The van der Waals surface area contributed by atoms with Gasteiger partial charge in [-0.3, -0.25) is 10.1 Å². The van der Waals surface area contributed by atoms with E-state index in [1.54, 1.807) is 0 Å². The molecule has 0 radical (unpaired) electrons. The van der Waals surface area contributed by atoms with Gasteiger partial charge in [-0.05, 0) is 26.0 Å². The van der Waals surface area contributed by atoms with Gasteiger partial charge in [0.05, 0.1) is 23.3 Å². The molecule has 0 bridgehead atoms. The van der Waals surface area contributed by atoms with E-state index in [1.165, 1.54) is 33.1 Å². The van der Waals surface area contributed by atoms with Crippen LogP contribution in [0.1, 0.15) is 13.8 Å². The first kappa shape index (κ1) is 13.4. The van der Waals surface area contributed by atoms with Crippen molar-refractivity contribution in [1.82, 2.24) is 0 Å². The largest absolute Gasteiger partial charge is 0.497 e. The van der Waals surface area contributed by atoms with E-state index >= 15 is 0 Å². The van der Waals surface area contributed by atoms with Crippen LogP contribution in [-0.4, -0.2) is 25.7 Å². The maximum atomic E-state index is 11.9. The van der Waals surface area contributed by atoms with Crippen LogP contribution in [0.2, 0.25) is 0 Å². The van der Waals surface area contributed by atoms with E-state index in [-0.39, 0.29) is 10.6 Å². The minimum atomic E-state index is -3.67. The number of nitro groups is 1. The van der Waals surface area contributed by atoms with E-state index in [0.717, 1.165) is 6.07 Å². The minimum Gasteiger partial charge on any atom is -0.497 e. The molecule has 0 aliphatic rings. The molecule has 1 aromatic carbocycles. The molecule has 1 rings (SSSR count). The molecule has 17 heavy (non-hydrogen) atoms. The number of nitrogens with zero attached hydrogens (tertiary/aromatic N) is 1. The summed E-state index contributed by atoms with van der Waals surface area (Å²) in [5.41, 5.74) is -0.460. The Balaban J connectivity index is 3.50.